The topological polar surface area (TPSA) is 55.4 Å². The highest BCUT2D eigenvalue weighted by Crippen LogP contribution is 2.53. The molecule has 0 atom stereocenters. The zero-order valence-corrected chi connectivity index (χ0v) is 76.4. The molecule has 0 fully saturated rings. The van der Waals surface area contributed by atoms with Crippen molar-refractivity contribution >= 4 is 134 Å². The fourth-order valence-electron chi connectivity index (χ4n) is 23.3. The molecule has 654 valence electrons. The predicted octanol–water partition coefficient (Wildman–Crippen LogP) is 29.2. The van der Waals surface area contributed by atoms with E-state index in [1.165, 1.54) is 164 Å². The van der Waals surface area contributed by atoms with Gasteiger partial charge in [-0.25, -0.2) is 0 Å². The summed E-state index contributed by atoms with van der Waals surface area (Å²) < 4.78 is 39.9. The van der Waals surface area contributed by atoms with Gasteiger partial charge in [0.25, 0.3) is 20.1 Å². The molecule has 0 saturated carbocycles. The van der Waals surface area contributed by atoms with Gasteiger partial charge in [0.1, 0.15) is 69.0 Å². The molecule has 0 aromatic heterocycles. The summed E-state index contributed by atoms with van der Waals surface area (Å²) in [5, 5.41) is 14.6. The summed E-state index contributed by atoms with van der Waals surface area (Å²) in [5.74, 6) is 10.5. The molecule has 0 unspecified atom stereocenters. The van der Waals surface area contributed by atoms with Crippen molar-refractivity contribution in [1.82, 2.24) is 0 Å². The van der Waals surface area contributed by atoms with E-state index in [-0.39, 0.29) is 20.1 Å². The number of para-hydroxylation sites is 5. The Morgan fingerprint density at radius 3 is 0.752 bits per heavy atom. The fraction of sp³-hybridized carbons (Fsp3) is 0. The molecular weight excluding hydrogens is 1710 g/mol. The summed E-state index contributed by atoms with van der Waals surface area (Å²) in [6.07, 6.45) is 0. The van der Waals surface area contributed by atoms with Gasteiger partial charge in [0, 0.05) is 27.5 Å². The van der Waals surface area contributed by atoms with Gasteiger partial charge in [-0.3, -0.25) is 0 Å². The average molecular weight is 1800 g/mol. The van der Waals surface area contributed by atoms with E-state index >= 15 is 0 Å². The maximum atomic E-state index is 6.91. The van der Waals surface area contributed by atoms with E-state index in [4.69, 9.17) is 28.4 Å². The molecule has 6 aliphatic rings. The van der Waals surface area contributed by atoms with Crippen LogP contribution in [0.5, 0.6) is 69.0 Å². The molecule has 0 saturated heterocycles. The Morgan fingerprint density at radius 2 is 0.355 bits per heavy atom. The fourth-order valence-corrected chi connectivity index (χ4v) is 23.3. The minimum Gasteiger partial charge on any atom is -0.458 e. The van der Waals surface area contributed by atoms with Crippen LogP contribution in [0, 0.1) is 0 Å². The van der Waals surface area contributed by atoms with E-state index in [2.05, 4.69) is 455 Å². The van der Waals surface area contributed by atoms with E-state index in [1.54, 1.807) is 0 Å². The van der Waals surface area contributed by atoms with Crippen LogP contribution >= 0.6 is 0 Å². The van der Waals surface area contributed by atoms with Gasteiger partial charge < -0.3 is 28.4 Å². The average Bonchev–Trinajstić information content (AvgIpc) is 0.751. The number of ether oxygens (including phenoxy) is 6. The van der Waals surface area contributed by atoms with Crippen molar-refractivity contribution in [3.63, 3.8) is 0 Å². The second-order valence-corrected chi connectivity index (χ2v) is 37.1. The summed E-state index contributed by atoms with van der Waals surface area (Å²) in [6.45, 7) is 0.130. The molecule has 6 nitrogen and oxygen atoms in total. The molecule has 0 radical (unpaired) electrons. The molecular formula is C132H81B3O6. The summed E-state index contributed by atoms with van der Waals surface area (Å²) in [4.78, 5) is 0. The summed E-state index contributed by atoms with van der Waals surface area (Å²) >= 11 is 0. The lowest BCUT2D eigenvalue weighted by atomic mass is 9.34. The quantitative estimate of drug-likeness (QED) is 0.106. The van der Waals surface area contributed by atoms with Gasteiger partial charge in [0.05, 0.1) is 0 Å². The second kappa shape index (κ2) is 33.4. The largest absolute Gasteiger partial charge is 0.458 e. The van der Waals surface area contributed by atoms with Gasteiger partial charge in [-0.2, -0.15) is 0 Å². The van der Waals surface area contributed by atoms with Crippen LogP contribution in [0.25, 0.3) is 165 Å². The smallest absolute Gasteiger partial charge is 0.260 e. The Bertz CT molecular complexity index is 9010. The molecule has 6 aliphatic heterocycles. The second-order valence-electron chi connectivity index (χ2n) is 37.1. The Kier molecular flexibility index (Phi) is 19.2. The highest BCUT2D eigenvalue weighted by Gasteiger charge is 2.45. The molecule has 24 aromatic rings. The zero-order chi connectivity index (χ0) is 92.7. The summed E-state index contributed by atoms with van der Waals surface area (Å²) in [7, 11) is 0. The Morgan fingerprint density at radius 1 is 0.121 bits per heavy atom. The predicted molar refractivity (Wildman–Crippen MR) is 586 cm³/mol. The van der Waals surface area contributed by atoms with Crippen LogP contribution in [-0.2, 0) is 0 Å². The molecule has 0 bridgehead atoms. The molecule has 30 rings (SSSR count). The van der Waals surface area contributed by atoms with E-state index < -0.39 is 0 Å². The van der Waals surface area contributed by atoms with Crippen LogP contribution in [0.1, 0.15) is 0 Å². The van der Waals surface area contributed by atoms with Crippen LogP contribution < -0.4 is 77.6 Å². The summed E-state index contributed by atoms with van der Waals surface area (Å²) in [6, 6.07) is 175. The van der Waals surface area contributed by atoms with Crippen molar-refractivity contribution in [1.29, 1.82) is 0 Å². The maximum Gasteiger partial charge on any atom is 0.260 e. The van der Waals surface area contributed by atoms with Crippen LogP contribution in [0.2, 0.25) is 0 Å². The highest BCUT2D eigenvalue weighted by molar-refractivity contribution is 6.99. The highest BCUT2D eigenvalue weighted by atomic mass is 16.5. The Balaban J connectivity index is 0.000000104. The molecule has 141 heavy (non-hydrogen) atoms. The van der Waals surface area contributed by atoms with Crippen molar-refractivity contribution in [2.75, 3.05) is 0 Å². The van der Waals surface area contributed by atoms with Crippen molar-refractivity contribution in [2.45, 2.75) is 0 Å². The first-order valence-electron chi connectivity index (χ1n) is 48.4. The van der Waals surface area contributed by atoms with Crippen molar-refractivity contribution in [3.8, 4) is 169 Å². The molecule has 6 heterocycles. The minimum atomic E-state index is 0.0229. The van der Waals surface area contributed by atoms with Crippen LogP contribution in [-0.4, -0.2) is 20.1 Å². The Labute approximate surface area is 817 Å². The van der Waals surface area contributed by atoms with Gasteiger partial charge in [0.2, 0.25) is 0 Å². The third-order valence-electron chi connectivity index (χ3n) is 29.4. The summed E-state index contributed by atoms with van der Waals surface area (Å²) in [5.41, 5.74) is 31.8. The first kappa shape index (κ1) is 81.2. The molecule has 24 aromatic carbocycles. The minimum absolute atomic E-state index is 0.0229. The van der Waals surface area contributed by atoms with Crippen molar-refractivity contribution < 1.29 is 28.4 Å². The van der Waals surface area contributed by atoms with E-state index in [0.717, 1.165) is 118 Å². The third-order valence-corrected chi connectivity index (χ3v) is 29.4. The van der Waals surface area contributed by atoms with Gasteiger partial charge in [-0.05, 0) is 265 Å². The SMILES string of the molecule is c1ccc(-c2ccc(-c3c4ccccc4c(-c4cc5c6c(c4)Oc4ccccc4B6c4ccccc4O5)c4ccccc34)cc2)cc1.c1ccc(-c2ccc(-c3c4ccccc4c(-c4ccc5c6c4Oc4ccccc4B6c4ccccc4O5)c4ccccc34)cc2)cc1.c1ccc(-c2cccc(-c3c4ccccc4c(-c4ccc5c(c4)Oc4cccc6c4B5c4ccccc4O6)c4ccccc34)c2)cc1. The maximum absolute atomic E-state index is 6.91. The third kappa shape index (κ3) is 13.4. The van der Waals surface area contributed by atoms with Crippen LogP contribution in [0.4, 0.5) is 0 Å². The van der Waals surface area contributed by atoms with Crippen LogP contribution in [0.15, 0.2) is 491 Å². The van der Waals surface area contributed by atoms with E-state index in [0.29, 0.717) is 0 Å². The van der Waals surface area contributed by atoms with Crippen LogP contribution in [0.3, 0.4) is 0 Å². The van der Waals surface area contributed by atoms with E-state index in [9.17, 15) is 0 Å². The monoisotopic (exact) mass is 1790 g/mol. The molecule has 0 N–H and O–H groups in total. The molecule has 0 spiro atoms. The zero-order valence-electron chi connectivity index (χ0n) is 76.4. The van der Waals surface area contributed by atoms with Crippen molar-refractivity contribution in [2.24, 2.45) is 0 Å². The molecule has 9 heteroatoms. The normalized spacial score (nSPS) is 12.6. The number of hydrogen-bond donors (Lipinski definition) is 0. The first-order chi connectivity index (χ1) is 70.0. The number of rotatable bonds is 9. The van der Waals surface area contributed by atoms with Gasteiger partial charge in [0.15, 0.2) is 0 Å². The van der Waals surface area contributed by atoms with Gasteiger partial charge in [-0.15, -0.1) is 0 Å². The number of hydrogen-bond acceptors (Lipinski definition) is 6. The lowest BCUT2D eigenvalue weighted by molar-refractivity contribution is 0.464. The van der Waals surface area contributed by atoms with Gasteiger partial charge in [-0.1, -0.05) is 413 Å². The van der Waals surface area contributed by atoms with Gasteiger partial charge >= 0.3 is 0 Å². The molecule has 0 aliphatic carbocycles. The number of fused-ring (bicyclic) bond motifs is 18. The van der Waals surface area contributed by atoms with Crippen molar-refractivity contribution in [3.05, 3.63) is 491 Å². The standard InChI is InChI=1S/3C44H27BO2/c1-2-12-28(13-3-1)29-22-24-30(25-23-29)42-32-14-4-6-16-34(32)43(35-17-7-5-15-33(35)42)31-26-40-44-41(27-31)47-39-21-11-9-19-37(39)45(44)36-18-8-10-20-38(36)46-40;1-2-12-28(13-3-1)29-22-24-30(25-23-29)41-31-14-4-6-16-33(31)42(34-17-7-5-15-32(34)41)35-26-27-40-43-44(35)47-39-21-11-9-19-37(39)45(43)36-18-8-10-20-38(36)46-40;1-2-12-28(13-3-1)29-14-10-15-30(26-29)42-32-16-4-6-18-34(32)43(35-19-7-5-17-33(35)42)31-24-25-37-41(27-31)47-40-23-11-22-39-44(40)45(37)36-20-8-9-21-38(36)46-39/h3*1-27H. The molecule has 0 amide bonds. The Hall–Kier alpha value is -18.2. The lowest BCUT2D eigenvalue weighted by Gasteiger charge is -2.34. The lowest BCUT2D eigenvalue weighted by Crippen LogP contribution is -2.57. The first-order valence-corrected chi connectivity index (χ1v) is 48.4. The number of benzene rings is 24. The van der Waals surface area contributed by atoms with E-state index in [1.807, 2.05) is 36.4 Å².